The Morgan fingerprint density at radius 3 is 3.13 bits per heavy atom. The summed E-state index contributed by atoms with van der Waals surface area (Å²) in [6.07, 6.45) is 4.72. The van der Waals surface area contributed by atoms with Crippen molar-refractivity contribution < 1.29 is 14.1 Å². The minimum atomic E-state index is -0.0503. The lowest BCUT2D eigenvalue weighted by molar-refractivity contribution is -0.127. The molecular formula is C17H22N2O3S. The summed E-state index contributed by atoms with van der Waals surface area (Å²) in [5.74, 6) is 1.24. The van der Waals surface area contributed by atoms with E-state index in [9.17, 15) is 4.79 Å². The molecule has 23 heavy (non-hydrogen) atoms. The molecule has 1 fully saturated rings. The summed E-state index contributed by atoms with van der Waals surface area (Å²) < 4.78 is 10.7. The third kappa shape index (κ3) is 4.42. The van der Waals surface area contributed by atoms with Crippen molar-refractivity contribution in [3.05, 3.63) is 29.3 Å². The fourth-order valence-corrected chi connectivity index (χ4v) is 3.62. The number of nitrogens with zero attached hydrogens (tertiary/aromatic N) is 1. The van der Waals surface area contributed by atoms with Gasteiger partial charge < -0.3 is 14.6 Å². The van der Waals surface area contributed by atoms with Gasteiger partial charge in [0.05, 0.1) is 11.5 Å². The number of carbonyl (C=O) groups excluding carboxylic acids is 1. The lowest BCUT2D eigenvalue weighted by Gasteiger charge is -2.29. The SMILES string of the molecule is C[C@@H]1CCCC[C@H]1NC(=O)COCc1cc(-c2cccs2)on1. The first-order chi connectivity index (χ1) is 11.2. The average molecular weight is 334 g/mol. The summed E-state index contributed by atoms with van der Waals surface area (Å²) in [7, 11) is 0. The smallest absolute Gasteiger partial charge is 0.246 e. The molecule has 0 aliphatic heterocycles. The van der Waals surface area contributed by atoms with Crippen LogP contribution in [0.1, 0.15) is 38.3 Å². The van der Waals surface area contributed by atoms with Crippen LogP contribution < -0.4 is 5.32 Å². The van der Waals surface area contributed by atoms with E-state index >= 15 is 0 Å². The van der Waals surface area contributed by atoms with Gasteiger partial charge in [-0.2, -0.15) is 0 Å². The number of rotatable bonds is 6. The Morgan fingerprint density at radius 1 is 1.48 bits per heavy atom. The van der Waals surface area contributed by atoms with Gasteiger partial charge in [-0.05, 0) is 30.2 Å². The highest BCUT2D eigenvalue weighted by Gasteiger charge is 2.22. The van der Waals surface area contributed by atoms with Gasteiger partial charge in [-0.1, -0.05) is 31.0 Å². The Balaban J connectivity index is 1.41. The number of aromatic nitrogens is 1. The molecule has 124 valence electrons. The molecule has 1 N–H and O–H groups in total. The number of hydrogen-bond donors (Lipinski definition) is 1. The molecule has 0 saturated heterocycles. The quantitative estimate of drug-likeness (QED) is 0.876. The maximum absolute atomic E-state index is 12.0. The number of thiophene rings is 1. The average Bonchev–Trinajstić information content (AvgIpc) is 3.20. The van der Waals surface area contributed by atoms with E-state index in [0.29, 0.717) is 11.6 Å². The third-order valence-corrected chi connectivity index (χ3v) is 5.15. The number of carbonyl (C=O) groups is 1. The molecular weight excluding hydrogens is 312 g/mol. The largest absolute Gasteiger partial charge is 0.365 e. The molecule has 0 unspecified atom stereocenters. The monoisotopic (exact) mass is 334 g/mol. The molecule has 2 atom stereocenters. The van der Waals surface area contributed by atoms with Crippen LogP contribution >= 0.6 is 11.3 Å². The molecule has 0 radical (unpaired) electrons. The number of amides is 1. The van der Waals surface area contributed by atoms with E-state index in [-0.39, 0.29) is 25.2 Å². The molecule has 2 aromatic heterocycles. The first-order valence-electron chi connectivity index (χ1n) is 8.09. The molecule has 2 aromatic rings. The molecule has 0 spiro atoms. The van der Waals surface area contributed by atoms with Gasteiger partial charge in [0.25, 0.3) is 0 Å². The van der Waals surface area contributed by atoms with E-state index in [4.69, 9.17) is 9.26 Å². The highest BCUT2D eigenvalue weighted by Crippen LogP contribution is 2.25. The van der Waals surface area contributed by atoms with Gasteiger partial charge in [0, 0.05) is 12.1 Å². The summed E-state index contributed by atoms with van der Waals surface area (Å²) >= 11 is 1.60. The van der Waals surface area contributed by atoms with Crippen LogP contribution in [-0.2, 0) is 16.1 Å². The minimum absolute atomic E-state index is 0.0503. The van der Waals surface area contributed by atoms with Crippen LogP contribution in [0.4, 0.5) is 0 Å². The second-order valence-corrected chi connectivity index (χ2v) is 7.04. The van der Waals surface area contributed by atoms with Crippen molar-refractivity contribution in [2.45, 2.75) is 45.3 Å². The summed E-state index contributed by atoms with van der Waals surface area (Å²) in [6, 6.07) is 6.09. The van der Waals surface area contributed by atoms with Gasteiger partial charge in [-0.25, -0.2) is 0 Å². The van der Waals surface area contributed by atoms with Crippen LogP contribution in [0.5, 0.6) is 0 Å². The second kappa shape index (κ2) is 7.75. The number of ether oxygens (including phenoxy) is 1. The molecule has 2 heterocycles. The van der Waals surface area contributed by atoms with Crippen molar-refractivity contribution in [3.63, 3.8) is 0 Å². The van der Waals surface area contributed by atoms with Gasteiger partial charge in [0.1, 0.15) is 12.3 Å². The van der Waals surface area contributed by atoms with E-state index in [1.807, 2.05) is 23.6 Å². The van der Waals surface area contributed by atoms with Crippen molar-refractivity contribution in [2.75, 3.05) is 6.61 Å². The van der Waals surface area contributed by atoms with Crippen LogP contribution in [0, 0.1) is 5.92 Å². The van der Waals surface area contributed by atoms with Crippen molar-refractivity contribution in [1.82, 2.24) is 10.5 Å². The lowest BCUT2D eigenvalue weighted by atomic mass is 9.86. The van der Waals surface area contributed by atoms with E-state index in [2.05, 4.69) is 17.4 Å². The molecule has 6 heteroatoms. The Bertz CT molecular complexity index is 624. The Hall–Kier alpha value is -1.66. The molecule has 1 amide bonds. The molecule has 5 nitrogen and oxygen atoms in total. The van der Waals surface area contributed by atoms with E-state index in [0.717, 1.165) is 17.1 Å². The summed E-state index contributed by atoms with van der Waals surface area (Å²) in [5, 5.41) is 9.04. The standard InChI is InChI=1S/C17H22N2O3S/c1-12-5-2-3-6-14(12)18-17(20)11-21-10-13-9-15(22-19-13)16-7-4-8-23-16/h4,7-9,12,14H,2-3,5-6,10-11H2,1H3,(H,18,20)/t12-,14-/m1/s1. The molecule has 1 aliphatic carbocycles. The van der Waals surface area contributed by atoms with Crippen LogP contribution in [0.15, 0.2) is 28.1 Å². The van der Waals surface area contributed by atoms with Crippen LogP contribution in [0.25, 0.3) is 10.6 Å². The van der Waals surface area contributed by atoms with Crippen LogP contribution in [0.3, 0.4) is 0 Å². The van der Waals surface area contributed by atoms with Gasteiger partial charge in [-0.15, -0.1) is 11.3 Å². The summed E-state index contributed by atoms with van der Waals surface area (Å²) in [6.45, 7) is 2.54. The van der Waals surface area contributed by atoms with Gasteiger partial charge in [0.15, 0.2) is 5.76 Å². The Kier molecular flexibility index (Phi) is 5.46. The maximum atomic E-state index is 12.0. The van der Waals surface area contributed by atoms with Crippen molar-refractivity contribution in [2.24, 2.45) is 5.92 Å². The zero-order valence-electron chi connectivity index (χ0n) is 13.3. The zero-order chi connectivity index (χ0) is 16.1. The second-order valence-electron chi connectivity index (χ2n) is 6.09. The fourth-order valence-electron chi connectivity index (χ4n) is 2.94. The van der Waals surface area contributed by atoms with Gasteiger partial charge in [-0.3, -0.25) is 4.79 Å². The minimum Gasteiger partial charge on any atom is -0.365 e. The van der Waals surface area contributed by atoms with Crippen molar-refractivity contribution >= 4 is 17.2 Å². The molecule has 0 bridgehead atoms. The van der Waals surface area contributed by atoms with Gasteiger partial charge in [0.2, 0.25) is 5.91 Å². The first kappa shape index (κ1) is 16.2. The summed E-state index contributed by atoms with van der Waals surface area (Å²) in [4.78, 5) is 13.0. The zero-order valence-corrected chi connectivity index (χ0v) is 14.1. The number of nitrogens with one attached hydrogen (secondary N) is 1. The molecule has 1 aliphatic rings. The lowest BCUT2D eigenvalue weighted by Crippen LogP contribution is -2.42. The first-order valence-corrected chi connectivity index (χ1v) is 8.97. The number of hydrogen-bond acceptors (Lipinski definition) is 5. The van der Waals surface area contributed by atoms with Gasteiger partial charge >= 0.3 is 0 Å². The summed E-state index contributed by atoms with van der Waals surface area (Å²) in [5.41, 5.74) is 0.701. The Labute approximate surface area is 140 Å². The molecule has 1 saturated carbocycles. The third-order valence-electron chi connectivity index (χ3n) is 4.26. The predicted molar refractivity (Wildman–Crippen MR) is 89.0 cm³/mol. The van der Waals surface area contributed by atoms with E-state index < -0.39 is 0 Å². The van der Waals surface area contributed by atoms with E-state index in [1.165, 1.54) is 19.3 Å². The highest BCUT2D eigenvalue weighted by molar-refractivity contribution is 7.13. The molecule has 0 aromatic carbocycles. The van der Waals surface area contributed by atoms with E-state index in [1.54, 1.807) is 11.3 Å². The van der Waals surface area contributed by atoms with Crippen LogP contribution in [-0.4, -0.2) is 23.7 Å². The Morgan fingerprint density at radius 2 is 2.35 bits per heavy atom. The normalized spacial score (nSPS) is 21.3. The van der Waals surface area contributed by atoms with Crippen LogP contribution in [0.2, 0.25) is 0 Å². The maximum Gasteiger partial charge on any atom is 0.246 e. The molecule has 3 rings (SSSR count). The van der Waals surface area contributed by atoms with Crippen molar-refractivity contribution in [1.29, 1.82) is 0 Å². The predicted octanol–water partition coefficient (Wildman–Crippen LogP) is 3.61. The van der Waals surface area contributed by atoms with Crippen molar-refractivity contribution in [3.8, 4) is 10.6 Å². The highest BCUT2D eigenvalue weighted by atomic mass is 32.1. The topological polar surface area (TPSA) is 64.4 Å². The fraction of sp³-hybridized carbons (Fsp3) is 0.529.